The molecule has 74 heavy (non-hydrogen) atoms. The number of allylic oxidation sites excluding steroid dienone is 4. The molecule has 2 rings (SSSR count). The fourth-order valence-electron chi connectivity index (χ4n) is 8.95. The summed E-state index contributed by atoms with van der Waals surface area (Å²) in [5, 5.41) is 11.8. The quantitative estimate of drug-likeness (QED) is 0.0112. The molecular weight excluding hydrogens is 991 g/mol. The molecule has 2 fully saturated rings. The third-order valence-corrected chi connectivity index (χ3v) is 15.8. The van der Waals surface area contributed by atoms with Gasteiger partial charge in [0, 0.05) is 49.8 Å². The average Bonchev–Trinajstić information content (AvgIpc) is 3.93. The van der Waals surface area contributed by atoms with E-state index in [2.05, 4.69) is 59.4 Å². The molecule has 2 saturated heterocycles. The fourth-order valence-corrected chi connectivity index (χ4v) is 11.2. The Morgan fingerprint density at radius 2 is 1.08 bits per heavy atom. The molecule has 0 bridgehead atoms. The Hall–Kier alpha value is -1.91. The number of hydrogen-bond acceptors (Lipinski definition) is 12. The summed E-state index contributed by atoms with van der Waals surface area (Å²) in [5.41, 5.74) is 0. The van der Waals surface area contributed by atoms with Crippen molar-refractivity contribution in [3.8, 4) is 0 Å². The molecule has 0 aromatic rings. The molecule has 2 heterocycles. The Labute approximate surface area is 474 Å². The van der Waals surface area contributed by atoms with Gasteiger partial charge in [0.15, 0.2) is 6.10 Å². The van der Waals surface area contributed by atoms with E-state index in [4.69, 9.17) is 18.5 Å². The molecule has 4 amide bonds. The third kappa shape index (κ3) is 40.3. The van der Waals surface area contributed by atoms with Gasteiger partial charge in [-0.3, -0.25) is 23.7 Å². The van der Waals surface area contributed by atoms with E-state index in [9.17, 15) is 33.4 Å². The number of amides is 4. The number of urea groups is 1. The van der Waals surface area contributed by atoms with Crippen molar-refractivity contribution in [2.24, 2.45) is 0 Å². The normalized spacial score (nSPS) is 17.3. The molecule has 0 saturated carbocycles. The summed E-state index contributed by atoms with van der Waals surface area (Å²) in [4.78, 5) is 74.3. The standard InChI is InChI=1S/C56H101N4O11PS.Na/c1-3-5-7-9-11-13-15-17-19-21-23-25-27-29-31-40-53(63)68-45-48(71-54(64)41-32-30-28-26-24-22-20-18-16-14-12-10-8-6-4-2)46-70-72(66,67)69-44-43-58-52(62)39-35-36-42-57-51(61)38-34-33-37-50-55-49(47-73-50)59-56(65)60-55;/h17-20,48-50,55H,3-16,21-47H2,1-2H3,(H,57,61)(H,58,62)(H,66,67)(H2,59,60,65);/q;+1/p-1/b19-17-,20-18-;/t48-,49+,50+,55+;/m1./s1. The van der Waals surface area contributed by atoms with Crippen LogP contribution in [0.25, 0.3) is 0 Å². The number of carbonyl (C=O) groups excluding carboxylic acids is 5. The summed E-state index contributed by atoms with van der Waals surface area (Å²) in [5.74, 6) is -0.355. The van der Waals surface area contributed by atoms with Crippen LogP contribution < -0.4 is 55.7 Å². The van der Waals surface area contributed by atoms with Gasteiger partial charge in [0.05, 0.1) is 25.3 Å². The van der Waals surface area contributed by atoms with E-state index in [1.54, 1.807) is 0 Å². The monoisotopic (exact) mass is 1090 g/mol. The Kier molecular flexibility index (Phi) is 45.7. The first-order valence-corrected chi connectivity index (χ1v) is 31.5. The predicted molar refractivity (Wildman–Crippen MR) is 293 cm³/mol. The maximum absolute atomic E-state index is 12.8. The average molecular weight is 1090 g/mol. The van der Waals surface area contributed by atoms with Gasteiger partial charge in [-0.15, -0.1) is 0 Å². The summed E-state index contributed by atoms with van der Waals surface area (Å²) >= 11 is 1.86. The fraction of sp³-hybridized carbons (Fsp3) is 0.839. The molecule has 0 aromatic carbocycles. The Morgan fingerprint density at radius 3 is 1.64 bits per heavy atom. The number of unbranched alkanes of at least 4 members (excludes halogenated alkanes) is 24. The minimum absolute atomic E-state index is 0. The minimum atomic E-state index is -4.86. The second-order valence-corrected chi connectivity index (χ2v) is 22.7. The van der Waals surface area contributed by atoms with Crippen molar-refractivity contribution < 1.29 is 81.5 Å². The van der Waals surface area contributed by atoms with Crippen molar-refractivity contribution in [3.63, 3.8) is 0 Å². The maximum atomic E-state index is 12.8. The molecule has 15 nitrogen and oxygen atoms in total. The molecule has 0 spiro atoms. The number of phosphoric acid groups is 1. The van der Waals surface area contributed by atoms with Gasteiger partial charge in [-0.25, -0.2) is 4.79 Å². The van der Waals surface area contributed by atoms with Crippen molar-refractivity contribution in [1.29, 1.82) is 0 Å². The van der Waals surface area contributed by atoms with Crippen LogP contribution in [-0.4, -0.2) is 91.9 Å². The van der Waals surface area contributed by atoms with E-state index < -0.39 is 32.5 Å². The SMILES string of the molecule is CCCCCCCC/C=C\CCCCCCCC(=O)OC[C@H](COP(=O)([O-])OCCNC(=O)CCCCNC(=O)CCCC[C@@H]1SC[C@@H]2NC(=O)N[C@@H]21)OC(=O)CCCCCCC/C=C\CCCCCCCC.[Na+]. The molecule has 0 radical (unpaired) electrons. The molecule has 422 valence electrons. The summed E-state index contributed by atoms with van der Waals surface area (Å²) in [6, 6.07) is 0.268. The number of esters is 2. The second kappa shape index (κ2) is 48.2. The summed E-state index contributed by atoms with van der Waals surface area (Å²) in [7, 11) is -4.86. The van der Waals surface area contributed by atoms with Gasteiger partial charge in [-0.2, -0.15) is 11.8 Å². The van der Waals surface area contributed by atoms with Gasteiger partial charge in [-0.1, -0.05) is 147 Å². The smallest absolute Gasteiger partial charge is 0.756 e. The van der Waals surface area contributed by atoms with Crippen molar-refractivity contribution in [2.75, 3.05) is 38.7 Å². The minimum Gasteiger partial charge on any atom is -0.756 e. The molecule has 2 aliphatic rings. The first kappa shape index (κ1) is 70.1. The Bertz CT molecular complexity index is 1580. The molecule has 1 unspecified atom stereocenters. The molecule has 0 aromatic heterocycles. The van der Waals surface area contributed by atoms with Gasteiger partial charge in [-0.05, 0) is 89.9 Å². The van der Waals surface area contributed by atoms with Crippen LogP contribution in [0.2, 0.25) is 0 Å². The van der Waals surface area contributed by atoms with Crippen molar-refractivity contribution >= 4 is 49.4 Å². The molecule has 2 aliphatic heterocycles. The van der Waals surface area contributed by atoms with Crippen LogP contribution in [0.5, 0.6) is 0 Å². The van der Waals surface area contributed by atoms with E-state index >= 15 is 0 Å². The number of fused-ring (bicyclic) bond motifs is 1. The number of nitrogens with one attached hydrogen (secondary N) is 4. The van der Waals surface area contributed by atoms with Crippen molar-refractivity contribution in [3.05, 3.63) is 24.3 Å². The number of rotatable bonds is 50. The number of thioether (sulfide) groups is 1. The van der Waals surface area contributed by atoms with Crippen LogP contribution in [0, 0.1) is 0 Å². The molecular formula is C56H100N4NaO11PS. The number of phosphoric ester groups is 1. The van der Waals surface area contributed by atoms with Crippen LogP contribution in [0.15, 0.2) is 24.3 Å². The predicted octanol–water partition coefficient (Wildman–Crippen LogP) is 9.15. The maximum Gasteiger partial charge on any atom is 1.00 e. The first-order chi connectivity index (χ1) is 35.5. The van der Waals surface area contributed by atoms with Crippen molar-refractivity contribution in [2.45, 2.75) is 262 Å². The van der Waals surface area contributed by atoms with Gasteiger partial charge in [0.1, 0.15) is 6.61 Å². The zero-order valence-electron chi connectivity index (χ0n) is 46.5. The summed E-state index contributed by atoms with van der Waals surface area (Å²) in [6.07, 6.45) is 42.5. The number of hydrogen-bond donors (Lipinski definition) is 4. The van der Waals surface area contributed by atoms with E-state index in [0.29, 0.717) is 43.9 Å². The zero-order chi connectivity index (χ0) is 52.9. The van der Waals surface area contributed by atoms with Crippen LogP contribution in [-0.2, 0) is 42.3 Å². The van der Waals surface area contributed by atoms with E-state index in [1.165, 1.54) is 77.0 Å². The Balaban J connectivity index is 0.0000274. The van der Waals surface area contributed by atoms with E-state index in [-0.39, 0.29) is 98.5 Å². The number of carbonyl (C=O) groups is 5. The zero-order valence-corrected chi connectivity index (χ0v) is 50.2. The van der Waals surface area contributed by atoms with Gasteiger partial charge < -0.3 is 44.7 Å². The summed E-state index contributed by atoms with van der Waals surface area (Å²) < 4.78 is 33.7. The number of ether oxygens (including phenoxy) is 2. The van der Waals surface area contributed by atoms with Gasteiger partial charge in [0.2, 0.25) is 11.8 Å². The largest absolute Gasteiger partial charge is 1.00 e. The second-order valence-electron chi connectivity index (χ2n) is 20.1. The third-order valence-electron chi connectivity index (χ3n) is 13.3. The van der Waals surface area contributed by atoms with Crippen LogP contribution in [0.1, 0.15) is 239 Å². The van der Waals surface area contributed by atoms with E-state index in [1.807, 2.05) is 11.8 Å². The molecule has 5 atom stereocenters. The van der Waals surface area contributed by atoms with Crippen LogP contribution >= 0.6 is 19.6 Å². The van der Waals surface area contributed by atoms with Gasteiger partial charge >= 0.3 is 47.5 Å². The van der Waals surface area contributed by atoms with Gasteiger partial charge in [0.25, 0.3) is 7.82 Å². The topological polar surface area (TPSA) is 211 Å². The summed E-state index contributed by atoms with van der Waals surface area (Å²) in [6.45, 7) is 3.58. The molecule has 0 aliphatic carbocycles. The van der Waals surface area contributed by atoms with Crippen molar-refractivity contribution in [1.82, 2.24) is 21.3 Å². The van der Waals surface area contributed by atoms with Crippen LogP contribution in [0.4, 0.5) is 4.79 Å². The Morgan fingerprint density at radius 1 is 0.608 bits per heavy atom. The van der Waals surface area contributed by atoms with E-state index in [0.717, 1.165) is 102 Å². The first-order valence-electron chi connectivity index (χ1n) is 29.0. The molecule has 18 heteroatoms. The molecule has 4 N–H and O–H groups in total. The van der Waals surface area contributed by atoms with Crippen LogP contribution in [0.3, 0.4) is 0 Å².